The first-order valence-corrected chi connectivity index (χ1v) is 17.3. The van der Waals surface area contributed by atoms with E-state index >= 15 is 0 Å². The summed E-state index contributed by atoms with van der Waals surface area (Å²) in [5.74, 6) is -0.0220. The van der Waals surface area contributed by atoms with Gasteiger partial charge in [0.05, 0.1) is 13.2 Å². The first-order valence-electron chi connectivity index (χ1n) is 17.3. The minimum absolute atomic E-state index is 0.102. The molecular formula is C40H44N2O11. The Morgan fingerprint density at radius 3 is 2.34 bits per heavy atom. The number of carbonyl (C=O) groups excluding carboxylic acids is 4. The van der Waals surface area contributed by atoms with Gasteiger partial charge in [-0.15, -0.1) is 0 Å². The molecule has 13 nitrogen and oxygen atoms in total. The summed E-state index contributed by atoms with van der Waals surface area (Å²) in [5.41, 5.74) is 3.18. The van der Waals surface area contributed by atoms with E-state index in [2.05, 4.69) is 6.58 Å². The van der Waals surface area contributed by atoms with E-state index in [1.807, 2.05) is 43.3 Å². The van der Waals surface area contributed by atoms with Crippen LogP contribution in [0, 0.1) is 13.8 Å². The third-order valence-corrected chi connectivity index (χ3v) is 9.27. The fourth-order valence-electron chi connectivity index (χ4n) is 7.15. The van der Waals surface area contributed by atoms with Gasteiger partial charge in [0.25, 0.3) is 5.91 Å². The number of rotatable bonds is 9. The Balaban J connectivity index is 1.56. The highest BCUT2D eigenvalue weighted by molar-refractivity contribution is 5.92. The fraction of sp³-hybridized carbons (Fsp3) is 0.400. The number of hydrogen-bond donors (Lipinski definition) is 0. The number of aryl methyl sites for hydroxylation is 1. The van der Waals surface area contributed by atoms with Crippen molar-refractivity contribution in [2.24, 2.45) is 0 Å². The molecule has 13 heteroatoms. The number of amides is 2. The first-order chi connectivity index (χ1) is 25.1. The van der Waals surface area contributed by atoms with Crippen molar-refractivity contribution in [3.05, 3.63) is 88.1 Å². The summed E-state index contributed by atoms with van der Waals surface area (Å²) in [5, 5.41) is 0. The molecule has 53 heavy (non-hydrogen) atoms. The maximum atomic E-state index is 15.0. The van der Waals surface area contributed by atoms with Crippen molar-refractivity contribution in [1.29, 1.82) is 0 Å². The summed E-state index contributed by atoms with van der Waals surface area (Å²) in [6.07, 6.45) is -0.618. The van der Waals surface area contributed by atoms with Gasteiger partial charge in [0.1, 0.15) is 36.6 Å². The summed E-state index contributed by atoms with van der Waals surface area (Å²) in [6, 6.07) is 10.0. The van der Waals surface area contributed by atoms with Gasteiger partial charge < -0.3 is 38.1 Å². The summed E-state index contributed by atoms with van der Waals surface area (Å²) >= 11 is 0. The quantitative estimate of drug-likeness (QED) is 0.178. The summed E-state index contributed by atoms with van der Waals surface area (Å²) in [6.45, 7) is 15.6. The number of hydrogen-bond acceptors (Lipinski definition) is 11. The van der Waals surface area contributed by atoms with Crippen molar-refractivity contribution in [2.75, 3.05) is 20.5 Å². The lowest BCUT2D eigenvalue weighted by Gasteiger charge is -2.52. The molecule has 0 N–H and O–H groups in total. The maximum absolute atomic E-state index is 15.0. The molecule has 3 atom stereocenters. The molecule has 2 bridgehead atoms. The first kappa shape index (κ1) is 37.1. The molecule has 1 fully saturated rings. The van der Waals surface area contributed by atoms with Crippen LogP contribution in [0.2, 0.25) is 0 Å². The van der Waals surface area contributed by atoms with Crippen LogP contribution in [0.25, 0.3) is 0 Å². The lowest BCUT2D eigenvalue weighted by Crippen LogP contribution is -2.62. The number of piperazine rings is 1. The smallest absolute Gasteiger partial charge is 0.411 e. The van der Waals surface area contributed by atoms with Crippen molar-refractivity contribution in [1.82, 2.24) is 9.80 Å². The Morgan fingerprint density at radius 2 is 1.70 bits per heavy atom. The average Bonchev–Trinajstić information content (AvgIpc) is 3.58. The molecular weight excluding hydrogens is 684 g/mol. The van der Waals surface area contributed by atoms with Crippen LogP contribution in [-0.2, 0) is 36.9 Å². The van der Waals surface area contributed by atoms with Crippen LogP contribution in [0.3, 0.4) is 0 Å². The minimum Gasteiger partial charge on any atom is -0.493 e. The van der Waals surface area contributed by atoms with E-state index in [4.69, 9.17) is 33.2 Å². The van der Waals surface area contributed by atoms with Crippen LogP contribution >= 0.6 is 0 Å². The molecule has 0 aromatic heterocycles. The van der Waals surface area contributed by atoms with Gasteiger partial charge in [-0.1, -0.05) is 43.0 Å². The molecule has 3 aliphatic heterocycles. The summed E-state index contributed by atoms with van der Waals surface area (Å²) in [4.78, 5) is 56.5. The summed E-state index contributed by atoms with van der Waals surface area (Å²) in [7, 11) is 1.54. The van der Waals surface area contributed by atoms with E-state index in [9.17, 15) is 19.2 Å². The predicted octanol–water partition coefficient (Wildman–Crippen LogP) is 6.41. The van der Waals surface area contributed by atoms with E-state index in [0.29, 0.717) is 39.7 Å². The number of methoxy groups -OCH3 is 1. The van der Waals surface area contributed by atoms with E-state index in [0.717, 1.165) is 16.7 Å². The Morgan fingerprint density at radius 1 is 1.00 bits per heavy atom. The van der Waals surface area contributed by atoms with Crippen LogP contribution in [0.1, 0.15) is 80.1 Å². The number of carbonyl (C=O) groups is 4. The summed E-state index contributed by atoms with van der Waals surface area (Å²) < 4.78 is 41.3. The zero-order valence-electron chi connectivity index (χ0n) is 31.2. The molecule has 1 saturated heterocycles. The molecule has 1 unspecified atom stereocenters. The molecule has 3 aromatic rings. The van der Waals surface area contributed by atoms with Crippen LogP contribution in [0.15, 0.2) is 54.7 Å². The topological polar surface area (TPSA) is 139 Å². The van der Waals surface area contributed by atoms with E-state index in [1.165, 1.54) is 23.6 Å². The second kappa shape index (κ2) is 14.4. The van der Waals surface area contributed by atoms with Gasteiger partial charge in [0, 0.05) is 42.7 Å². The Bertz CT molecular complexity index is 1980. The average molecular weight is 729 g/mol. The van der Waals surface area contributed by atoms with Crippen molar-refractivity contribution in [3.63, 3.8) is 0 Å². The van der Waals surface area contributed by atoms with Crippen molar-refractivity contribution in [3.8, 4) is 28.7 Å². The molecule has 0 spiro atoms. The van der Waals surface area contributed by atoms with E-state index < -0.39 is 47.7 Å². The number of ether oxygens (including phenoxy) is 7. The van der Waals surface area contributed by atoms with Crippen molar-refractivity contribution < 1.29 is 52.3 Å². The third kappa shape index (κ3) is 7.07. The molecule has 0 saturated carbocycles. The largest absolute Gasteiger partial charge is 0.493 e. The minimum atomic E-state index is -1.06. The molecule has 280 valence electrons. The number of benzene rings is 3. The number of nitrogens with zero attached hydrogens (tertiary/aromatic N) is 2. The van der Waals surface area contributed by atoms with Gasteiger partial charge in [-0.2, -0.15) is 0 Å². The highest BCUT2D eigenvalue weighted by Gasteiger charge is 2.55. The van der Waals surface area contributed by atoms with Crippen molar-refractivity contribution >= 4 is 23.9 Å². The Kier molecular flexibility index (Phi) is 10.0. The highest BCUT2D eigenvalue weighted by Crippen LogP contribution is 2.54. The van der Waals surface area contributed by atoms with Gasteiger partial charge in [0.2, 0.25) is 6.79 Å². The SMILES string of the molecule is C=C1[C@H]2c3c(cc(C)c(OC)c3OCc3ccccc3)CC(C(=O)N1[C@@H](COC(C)=O)c1cc(OC(C)=O)c(C)c3c1OCO3)N2C(=O)OC(C)(C)C. The monoisotopic (exact) mass is 728 g/mol. The van der Waals surface area contributed by atoms with Crippen molar-refractivity contribution in [2.45, 2.75) is 85.2 Å². The van der Waals surface area contributed by atoms with Crippen LogP contribution in [-0.4, -0.2) is 65.9 Å². The second-order valence-electron chi connectivity index (χ2n) is 14.2. The standard InChI is InChI=1S/C40H44N2O11/c1-21-15-27-16-29-38(45)41(30(19-48-24(4)43)28-17-31(52-25(5)44)22(2)35-36(28)51-20-50-35)23(3)33(42(29)39(46)53-40(6,7)8)32(27)37(34(21)47-9)49-18-26-13-11-10-12-14-26/h10-15,17,29-30,33H,3,16,18-20H2,1-2,4-9H3/t29?,30-,33-/m0/s1. The Hall–Kier alpha value is -5.72. The molecule has 3 aliphatic rings. The maximum Gasteiger partial charge on any atom is 0.411 e. The van der Waals surface area contributed by atoms with Gasteiger partial charge in [0.15, 0.2) is 23.0 Å². The highest BCUT2D eigenvalue weighted by atomic mass is 16.7. The molecule has 2 amide bonds. The third-order valence-electron chi connectivity index (χ3n) is 9.27. The lowest BCUT2D eigenvalue weighted by molar-refractivity contribution is -0.151. The van der Waals surface area contributed by atoms with Crippen LogP contribution in [0.4, 0.5) is 4.79 Å². The van der Waals surface area contributed by atoms with E-state index in [-0.39, 0.29) is 37.9 Å². The number of fused-ring (bicyclic) bond motifs is 5. The molecule has 3 heterocycles. The lowest BCUT2D eigenvalue weighted by atomic mass is 9.80. The normalized spacial score (nSPS) is 17.9. The number of esters is 2. The van der Waals surface area contributed by atoms with Gasteiger partial charge >= 0.3 is 18.0 Å². The molecule has 0 aliphatic carbocycles. The zero-order chi connectivity index (χ0) is 38.4. The van der Waals surface area contributed by atoms with Gasteiger partial charge in [-0.05, 0) is 57.4 Å². The predicted molar refractivity (Wildman–Crippen MR) is 191 cm³/mol. The zero-order valence-corrected chi connectivity index (χ0v) is 31.2. The van der Waals surface area contributed by atoms with Gasteiger partial charge in [-0.3, -0.25) is 19.3 Å². The molecule has 0 radical (unpaired) electrons. The van der Waals surface area contributed by atoms with Gasteiger partial charge in [-0.25, -0.2) is 4.79 Å². The fourth-order valence-corrected chi connectivity index (χ4v) is 7.15. The van der Waals surface area contributed by atoms with Crippen LogP contribution < -0.4 is 23.7 Å². The van der Waals surface area contributed by atoms with E-state index in [1.54, 1.807) is 40.9 Å². The second-order valence-corrected chi connectivity index (χ2v) is 14.2. The molecule has 3 aromatic carbocycles. The Labute approximate surface area is 308 Å². The van der Waals surface area contributed by atoms with Crippen LogP contribution in [0.5, 0.6) is 28.7 Å². The molecule has 6 rings (SSSR count).